The Kier molecular flexibility index (Phi) is 7.42. The third-order valence-corrected chi connectivity index (χ3v) is 3.25. The molecule has 0 spiro atoms. The molecular formula is C15H21ClN4O2. The Bertz CT molecular complexity index is 513. The maximum atomic E-state index is 12.0. The molecular weight excluding hydrogens is 304 g/mol. The SMILES string of the molecule is C=CCNC(=O)Nc1ccc(NC(=O)C2CCNC2)cc1.Cl. The first-order valence-electron chi connectivity index (χ1n) is 6.96. The van der Waals surface area contributed by atoms with E-state index in [1.54, 1.807) is 30.3 Å². The van der Waals surface area contributed by atoms with Gasteiger partial charge in [0.25, 0.3) is 0 Å². The number of rotatable bonds is 5. The summed E-state index contributed by atoms with van der Waals surface area (Å²) in [4.78, 5) is 23.4. The van der Waals surface area contributed by atoms with E-state index in [1.165, 1.54) is 0 Å². The lowest BCUT2D eigenvalue weighted by atomic mass is 10.1. The Morgan fingerprint density at radius 3 is 2.41 bits per heavy atom. The fourth-order valence-electron chi connectivity index (χ4n) is 2.10. The second kappa shape index (κ2) is 9.07. The summed E-state index contributed by atoms with van der Waals surface area (Å²) in [5, 5.41) is 11.4. The van der Waals surface area contributed by atoms with Gasteiger partial charge in [0.15, 0.2) is 0 Å². The predicted molar refractivity (Wildman–Crippen MR) is 90.5 cm³/mol. The largest absolute Gasteiger partial charge is 0.334 e. The van der Waals surface area contributed by atoms with Crippen LogP contribution in [0.1, 0.15) is 6.42 Å². The molecule has 0 aliphatic carbocycles. The molecule has 3 amide bonds. The highest BCUT2D eigenvalue weighted by molar-refractivity contribution is 5.94. The van der Waals surface area contributed by atoms with E-state index in [0.29, 0.717) is 12.2 Å². The minimum absolute atomic E-state index is 0. The highest BCUT2D eigenvalue weighted by Crippen LogP contribution is 2.16. The van der Waals surface area contributed by atoms with Gasteiger partial charge in [-0.2, -0.15) is 0 Å². The van der Waals surface area contributed by atoms with Crippen LogP contribution in [0.3, 0.4) is 0 Å². The lowest BCUT2D eigenvalue weighted by molar-refractivity contribution is -0.119. The van der Waals surface area contributed by atoms with E-state index in [2.05, 4.69) is 27.8 Å². The van der Waals surface area contributed by atoms with Crippen LogP contribution in [0.15, 0.2) is 36.9 Å². The first kappa shape index (κ1) is 18.0. The molecule has 1 saturated heterocycles. The van der Waals surface area contributed by atoms with Gasteiger partial charge in [0.1, 0.15) is 0 Å². The number of urea groups is 1. The molecule has 4 N–H and O–H groups in total. The van der Waals surface area contributed by atoms with Gasteiger partial charge in [0.2, 0.25) is 5.91 Å². The zero-order valence-corrected chi connectivity index (χ0v) is 13.0. The molecule has 1 aliphatic heterocycles. The Morgan fingerprint density at radius 1 is 1.23 bits per heavy atom. The number of nitrogens with one attached hydrogen (secondary N) is 4. The average molecular weight is 325 g/mol. The van der Waals surface area contributed by atoms with Crippen molar-refractivity contribution in [3.8, 4) is 0 Å². The van der Waals surface area contributed by atoms with E-state index in [9.17, 15) is 9.59 Å². The monoisotopic (exact) mass is 324 g/mol. The molecule has 0 bridgehead atoms. The lowest BCUT2D eigenvalue weighted by Gasteiger charge is -2.11. The van der Waals surface area contributed by atoms with Gasteiger partial charge in [-0.1, -0.05) is 6.08 Å². The smallest absolute Gasteiger partial charge is 0.319 e. The second-order valence-corrected chi connectivity index (χ2v) is 4.88. The number of benzene rings is 1. The molecule has 1 aromatic carbocycles. The Morgan fingerprint density at radius 2 is 1.86 bits per heavy atom. The topological polar surface area (TPSA) is 82.3 Å². The summed E-state index contributed by atoms with van der Waals surface area (Å²) in [6, 6.07) is 6.74. The van der Waals surface area contributed by atoms with Crippen molar-refractivity contribution in [1.82, 2.24) is 10.6 Å². The maximum absolute atomic E-state index is 12.0. The van der Waals surface area contributed by atoms with Gasteiger partial charge < -0.3 is 21.3 Å². The van der Waals surface area contributed by atoms with Crippen LogP contribution in [0.2, 0.25) is 0 Å². The minimum Gasteiger partial charge on any atom is -0.334 e. The van der Waals surface area contributed by atoms with Gasteiger partial charge in [0.05, 0.1) is 5.92 Å². The summed E-state index contributed by atoms with van der Waals surface area (Å²) in [5.74, 6) is 0.0666. The van der Waals surface area contributed by atoms with Crippen molar-refractivity contribution in [2.45, 2.75) is 6.42 Å². The molecule has 1 fully saturated rings. The summed E-state index contributed by atoms with van der Waals surface area (Å²) < 4.78 is 0. The summed E-state index contributed by atoms with van der Waals surface area (Å²) >= 11 is 0. The van der Waals surface area contributed by atoms with E-state index >= 15 is 0 Å². The van der Waals surface area contributed by atoms with Crippen molar-refractivity contribution in [3.63, 3.8) is 0 Å². The van der Waals surface area contributed by atoms with Gasteiger partial charge in [-0.15, -0.1) is 19.0 Å². The molecule has 0 aromatic heterocycles. The Labute approximate surface area is 136 Å². The number of anilines is 2. The zero-order valence-electron chi connectivity index (χ0n) is 12.2. The minimum atomic E-state index is -0.288. The van der Waals surface area contributed by atoms with Gasteiger partial charge >= 0.3 is 6.03 Å². The van der Waals surface area contributed by atoms with Crippen LogP contribution in [-0.2, 0) is 4.79 Å². The molecule has 0 saturated carbocycles. The molecule has 1 heterocycles. The van der Waals surface area contributed by atoms with Crippen molar-refractivity contribution in [3.05, 3.63) is 36.9 Å². The van der Waals surface area contributed by atoms with Crippen molar-refractivity contribution in [2.24, 2.45) is 5.92 Å². The van der Waals surface area contributed by atoms with E-state index in [0.717, 1.165) is 25.2 Å². The number of hydrogen-bond acceptors (Lipinski definition) is 3. The predicted octanol–water partition coefficient (Wildman–Crippen LogP) is 1.96. The standard InChI is InChI=1S/C15H20N4O2.ClH/c1-2-8-17-15(21)19-13-5-3-12(4-6-13)18-14(20)11-7-9-16-10-11;/h2-6,11,16H,1,7-10H2,(H,18,20)(H2,17,19,21);1H. The van der Waals surface area contributed by atoms with Crippen LogP contribution in [0.5, 0.6) is 0 Å². The van der Waals surface area contributed by atoms with Crippen molar-refractivity contribution < 1.29 is 9.59 Å². The first-order chi connectivity index (χ1) is 10.2. The molecule has 120 valence electrons. The van der Waals surface area contributed by atoms with E-state index in [4.69, 9.17) is 0 Å². The van der Waals surface area contributed by atoms with E-state index < -0.39 is 0 Å². The van der Waals surface area contributed by atoms with Crippen molar-refractivity contribution in [1.29, 1.82) is 0 Å². The lowest BCUT2D eigenvalue weighted by Crippen LogP contribution is -2.28. The fourth-order valence-corrected chi connectivity index (χ4v) is 2.10. The number of carbonyl (C=O) groups excluding carboxylic acids is 2. The number of amides is 3. The number of carbonyl (C=O) groups is 2. The highest BCUT2D eigenvalue weighted by atomic mass is 35.5. The molecule has 22 heavy (non-hydrogen) atoms. The summed E-state index contributed by atoms with van der Waals surface area (Å²) in [7, 11) is 0. The van der Waals surface area contributed by atoms with Crippen molar-refractivity contribution in [2.75, 3.05) is 30.3 Å². The summed E-state index contributed by atoms with van der Waals surface area (Å²) in [5.41, 5.74) is 1.39. The summed E-state index contributed by atoms with van der Waals surface area (Å²) in [6.45, 7) is 5.56. The van der Waals surface area contributed by atoms with E-state index in [-0.39, 0.29) is 30.3 Å². The summed E-state index contributed by atoms with van der Waals surface area (Å²) in [6.07, 6.45) is 2.48. The maximum Gasteiger partial charge on any atom is 0.319 e. The normalized spacial score (nSPS) is 16.3. The van der Waals surface area contributed by atoms with Crippen LogP contribution in [-0.4, -0.2) is 31.6 Å². The molecule has 6 nitrogen and oxygen atoms in total. The number of hydrogen-bond donors (Lipinski definition) is 4. The van der Waals surface area contributed by atoms with Gasteiger partial charge in [-0.3, -0.25) is 4.79 Å². The molecule has 1 aliphatic rings. The van der Waals surface area contributed by atoms with Crippen LogP contribution in [0.25, 0.3) is 0 Å². The van der Waals surface area contributed by atoms with Crippen molar-refractivity contribution >= 4 is 35.7 Å². The molecule has 1 atom stereocenters. The van der Waals surface area contributed by atoms with Gasteiger partial charge in [-0.05, 0) is 37.2 Å². The molecule has 1 aromatic rings. The fraction of sp³-hybridized carbons (Fsp3) is 0.333. The average Bonchev–Trinajstić information content (AvgIpc) is 3.01. The molecule has 1 unspecified atom stereocenters. The van der Waals surface area contributed by atoms with Gasteiger partial charge in [0, 0.05) is 24.5 Å². The van der Waals surface area contributed by atoms with Crippen LogP contribution in [0, 0.1) is 5.92 Å². The Balaban J connectivity index is 0.00000242. The number of halogens is 1. The van der Waals surface area contributed by atoms with Crippen LogP contribution in [0.4, 0.5) is 16.2 Å². The quantitative estimate of drug-likeness (QED) is 0.625. The van der Waals surface area contributed by atoms with E-state index in [1.807, 2.05) is 0 Å². The molecule has 7 heteroatoms. The zero-order chi connectivity index (χ0) is 15.1. The van der Waals surface area contributed by atoms with Crippen LogP contribution < -0.4 is 21.3 Å². The Hall–Kier alpha value is -2.05. The van der Waals surface area contributed by atoms with Gasteiger partial charge in [-0.25, -0.2) is 4.79 Å². The molecule has 0 radical (unpaired) electrons. The third kappa shape index (κ3) is 5.38. The first-order valence-corrected chi connectivity index (χ1v) is 6.96. The second-order valence-electron chi connectivity index (χ2n) is 4.88. The molecule has 2 rings (SSSR count). The third-order valence-electron chi connectivity index (χ3n) is 3.25. The highest BCUT2D eigenvalue weighted by Gasteiger charge is 2.22. The van der Waals surface area contributed by atoms with Crippen LogP contribution >= 0.6 is 12.4 Å².